The van der Waals surface area contributed by atoms with Gasteiger partial charge < -0.3 is 9.47 Å². The predicted molar refractivity (Wildman–Crippen MR) is 91.5 cm³/mol. The molecule has 3 rings (SSSR count). The van der Waals surface area contributed by atoms with Crippen LogP contribution in [0.3, 0.4) is 0 Å². The molecule has 21 heavy (non-hydrogen) atoms. The lowest BCUT2D eigenvalue weighted by atomic mass is 9.98. The van der Waals surface area contributed by atoms with Crippen LogP contribution in [0.25, 0.3) is 10.4 Å². The lowest BCUT2D eigenvalue weighted by molar-refractivity contribution is 0.159. The Balaban J connectivity index is 1.76. The average Bonchev–Trinajstić information content (AvgIpc) is 2.89. The number of thiophene rings is 1. The summed E-state index contributed by atoms with van der Waals surface area (Å²) in [6.45, 7) is 0. The van der Waals surface area contributed by atoms with Gasteiger partial charge in [-0.25, -0.2) is 0 Å². The minimum atomic E-state index is 0.386. The summed E-state index contributed by atoms with van der Waals surface area (Å²) in [5.41, 5.74) is 1.19. The molecule has 1 aliphatic rings. The number of hydrogen-bond donors (Lipinski definition) is 0. The molecule has 1 heterocycles. The smallest absolute Gasteiger partial charge is 0.189 e. The van der Waals surface area contributed by atoms with Crippen LogP contribution >= 0.6 is 27.3 Å². The number of rotatable bonds is 4. The van der Waals surface area contributed by atoms with E-state index in [-0.39, 0.29) is 0 Å². The lowest BCUT2D eigenvalue weighted by Crippen LogP contribution is -2.19. The third-order valence-corrected chi connectivity index (χ3v) is 5.78. The average molecular weight is 367 g/mol. The fourth-order valence-electron chi connectivity index (χ4n) is 2.66. The Labute approximate surface area is 138 Å². The van der Waals surface area contributed by atoms with Gasteiger partial charge in [0.15, 0.2) is 5.06 Å². The van der Waals surface area contributed by atoms with Gasteiger partial charge >= 0.3 is 0 Å². The van der Waals surface area contributed by atoms with Gasteiger partial charge in [0.2, 0.25) is 0 Å². The quantitative estimate of drug-likeness (QED) is 0.670. The van der Waals surface area contributed by atoms with E-state index in [9.17, 15) is 0 Å². The molecule has 1 saturated carbocycles. The zero-order valence-electron chi connectivity index (χ0n) is 12.1. The maximum absolute atomic E-state index is 6.18. The van der Waals surface area contributed by atoms with Crippen molar-refractivity contribution in [3.8, 4) is 21.3 Å². The van der Waals surface area contributed by atoms with E-state index in [1.165, 1.54) is 42.5 Å². The van der Waals surface area contributed by atoms with E-state index in [1.807, 2.05) is 12.1 Å². The molecule has 0 saturated heterocycles. The molecule has 1 aromatic heterocycles. The highest BCUT2D eigenvalue weighted by atomic mass is 79.9. The fraction of sp³-hybridized carbons (Fsp3) is 0.412. The summed E-state index contributed by atoms with van der Waals surface area (Å²) in [5.74, 6) is 0.882. The van der Waals surface area contributed by atoms with Crippen molar-refractivity contribution in [2.45, 2.75) is 38.2 Å². The molecule has 112 valence electrons. The third kappa shape index (κ3) is 3.61. The van der Waals surface area contributed by atoms with E-state index in [2.05, 4.69) is 34.1 Å². The number of halogens is 1. The molecule has 2 aromatic rings. The normalized spacial score (nSPS) is 15.9. The molecular formula is C17H19BrO2S. The van der Waals surface area contributed by atoms with Crippen LogP contribution in [0.1, 0.15) is 32.1 Å². The molecule has 0 aliphatic heterocycles. The van der Waals surface area contributed by atoms with Crippen molar-refractivity contribution >= 4 is 27.3 Å². The molecule has 1 aliphatic carbocycles. The van der Waals surface area contributed by atoms with Gasteiger partial charge in [0.1, 0.15) is 5.75 Å². The van der Waals surface area contributed by atoms with Crippen molar-refractivity contribution in [2.75, 3.05) is 7.11 Å². The maximum Gasteiger partial charge on any atom is 0.189 e. The maximum atomic E-state index is 6.18. The van der Waals surface area contributed by atoms with Gasteiger partial charge in [-0.2, -0.15) is 0 Å². The van der Waals surface area contributed by atoms with Crippen LogP contribution in [-0.2, 0) is 0 Å². The first-order chi connectivity index (χ1) is 10.3. The van der Waals surface area contributed by atoms with Crippen LogP contribution in [0, 0.1) is 0 Å². The highest BCUT2D eigenvalue weighted by Crippen LogP contribution is 2.42. The summed E-state index contributed by atoms with van der Waals surface area (Å²) < 4.78 is 12.4. The van der Waals surface area contributed by atoms with Crippen LogP contribution in [0.15, 0.2) is 34.8 Å². The first-order valence-corrected chi connectivity index (χ1v) is 8.97. The van der Waals surface area contributed by atoms with Crippen molar-refractivity contribution in [2.24, 2.45) is 0 Å². The fourth-order valence-corrected chi connectivity index (χ4v) is 4.35. The first kappa shape index (κ1) is 14.9. The van der Waals surface area contributed by atoms with Gasteiger partial charge in [-0.1, -0.05) is 17.8 Å². The number of ether oxygens (including phenoxy) is 2. The van der Waals surface area contributed by atoms with Crippen LogP contribution in [-0.4, -0.2) is 13.2 Å². The van der Waals surface area contributed by atoms with E-state index in [1.54, 1.807) is 18.4 Å². The van der Waals surface area contributed by atoms with E-state index in [0.717, 1.165) is 15.3 Å². The van der Waals surface area contributed by atoms with E-state index >= 15 is 0 Å². The predicted octanol–water partition coefficient (Wildman–Crippen LogP) is 5.90. The molecule has 0 amide bonds. The zero-order chi connectivity index (χ0) is 14.7. The van der Waals surface area contributed by atoms with Crippen molar-refractivity contribution in [1.82, 2.24) is 0 Å². The van der Waals surface area contributed by atoms with Gasteiger partial charge in [0.25, 0.3) is 0 Å². The zero-order valence-corrected chi connectivity index (χ0v) is 14.5. The minimum Gasteiger partial charge on any atom is -0.497 e. The Morgan fingerprint density at radius 3 is 2.48 bits per heavy atom. The Morgan fingerprint density at radius 2 is 1.81 bits per heavy atom. The molecule has 0 radical (unpaired) electrons. The summed E-state index contributed by atoms with van der Waals surface area (Å²) in [6, 6.07) is 10.3. The van der Waals surface area contributed by atoms with E-state index in [0.29, 0.717) is 6.10 Å². The number of benzene rings is 1. The molecular weight excluding hydrogens is 348 g/mol. The second-order valence-electron chi connectivity index (χ2n) is 5.35. The topological polar surface area (TPSA) is 18.5 Å². The minimum absolute atomic E-state index is 0.386. The molecule has 1 aromatic carbocycles. The van der Waals surface area contributed by atoms with Crippen molar-refractivity contribution in [3.63, 3.8) is 0 Å². The first-order valence-electron chi connectivity index (χ1n) is 7.36. The van der Waals surface area contributed by atoms with E-state index in [4.69, 9.17) is 9.47 Å². The lowest BCUT2D eigenvalue weighted by Gasteiger charge is -2.22. The van der Waals surface area contributed by atoms with Gasteiger partial charge in [-0.15, -0.1) is 0 Å². The summed E-state index contributed by atoms with van der Waals surface area (Å²) in [4.78, 5) is 1.22. The highest BCUT2D eigenvalue weighted by Gasteiger charge is 2.18. The van der Waals surface area contributed by atoms with Crippen molar-refractivity contribution in [1.29, 1.82) is 0 Å². The Bertz CT molecular complexity index is 585. The van der Waals surface area contributed by atoms with Crippen LogP contribution < -0.4 is 9.47 Å². The second-order valence-corrected chi connectivity index (χ2v) is 7.22. The standard InChI is InChI=1S/C17H19BrO2S/c1-19-13-9-7-12(8-10-13)16-11-15(18)17(21-16)20-14-5-3-2-4-6-14/h7-11,14H,2-6H2,1H3. The number of hydrogen-bond acceptors (Lipinski definition) is 3. The molecule has 2 nitrogen and oxygen atoms in total. The molecule has 0 N–H and O–H groups in total. The SMILES string of the molecule is COc1ccc(-c2cc(Br)c(OC3CCCCC3)s2)cc1. The van der Waals surface area contributed by atoms with Crippen molar-refractivity contribution < 1.29 is 9.47 Å². The van der Waals surface area contributed by atoms with Crippen LogP contribution in [0.2, 0.25) is 0 Å². The van der Waals surface area contributed by atoms with E-state index < -0.39 is 0 Å². The van der Waals surface area contributed by atoms with Gasteiger partial charge in [-0.3, -0.25) is 0 Å². The summed E-state index contributed by atoms with van der Waals surface area (Å²) in [7, 11) is 1.69. The molecule has 0 unspecified atom stereocenters. The third-order valence-electron chi connectivity index (χ3n) is 3.86. The molecule has 0 atom stereocenters. The Morgan fingerprint density at radius 1 is 1.10 bits per heavy atom. The molecule has 1 fully saturated rings. The highest BCUT2D eigenvalue weighted by molar-refractivity contribution is 9.10. The van der Waals surface area contributed by atoms with Crippen LogP contribution in [0.5, 0.6) is 10.8 Å². The molecule has 0 bridgehead atoms. The van der Waals surface area contributed by atoms with Crippen LogP contribution in [0.4, 0.5) is 0 Å². The van der Waals surface area contributed by atoms with Gasteiger partial charge in [0.05, 0.1) is 17.7 Å². The van der Waals surface area contributed by atoms with Gasteiger partial charge in [-0.05, 0) is 77.5 Å². The summed E-state index contributed by atoms with van der Waals surface area (Å²) >= 11 is 5.34. The van der Waals surface area contributed by atoms with Gasteiger partial charge in [0, 0.05) is 4.88 Å². The summed E-state index contributed by atoms with van der Waals surface area (Å²) in [6.07, 6.45) is 6.68. The molecule has 4 heteroatoms. The monoisotopic (exact) mass is 366 g/mol. The second kappa shape index (κ2) is 6.84. The number of methoxy groups -OCH3 is 1. The van der Waals surface area contributed by atoms with Crippen molar-refractivity contribution in [3.05, 3.63) is 34.8 Å². The largest absolute Gasteiger partial charge is 0.497 e. The summed E-state index contributed by atoms with van der Waals surface area (Å²) in [5, 5.41) is 1.01. The molecule has 0 spiro atoms. The Hall–Kier alpha value is -1.00. The Kier molecular flexibility index (Phi) is 4.86.